The van der Waals surface area contributed by atoms with Gasteiger partial charge in [0, 0.05) is 11.6 Å². The number of carbonyl (C=O) groups excluding carboxylic acids is 1. The lowest BCUT2D eigenvalue weighted by Gasteiger charge is -2.39. The van der Waals surface area contributed by atoms with E-state index in [4.69, 9.17) is 0 Å². The largest absolute Gasteiger partial charge is 0.481 e. The number of hydrogen-bond acceptors (Lipinski definition) is 3. The topological polar surface area (TPSA) is 78.4 Å². The smallest absolute Gasteiger partial charge is 0.310 e. The molecule has 1 atom stereocenters. The highest BCUT2D eigenvalue weighted by Crippen LogP contribution is 2.30. The Morgan fingerprint density at radius 1 is 1.14 bits per heavy atom. The fourth-order valence-electron chi connectivity index (χ4n) is 1.89. The average molecular weight is 300 g/mol. The van der Waals surface area contributed by atoms with Gasteiger partial charge in [0.2, 0.25) is 5.91 Å². The van der Waals surface area contributed by atoms with Crippen molar-refractivity contribution in [3.05, 3.63) is 0 Å². The number of carbonyl (C=O) groups is 2. The molecule has 0 spiro atoms. The van der Waals surface area contributed by atoms with Gasteiger partial charge in [-0.2, -0.15) is 0 Å². The second kappa shape index (κ2) is 8.37. The third-order valence-electron chi connectivity index (χ3n) is 4.44. The lowest BCUT2D eigenvalue weighted by Crippen LogP contribution is -2.57. The number of carboxylic acid groups (broad SMARTS) is 1. The van der Waals surface area contributed by atoms with E-state index in [0.717, 1.165) is 12.8 Å². The minimum absolute atomic E-state index is 0.0896. The number of unbranched alkanes of at least 4 members (excludes halogenated alkanes) is 2. The van der Waals surface area contributed by atoms with Gasteiger partial charge in [0.15, 0.2) is 0 Å². The van der Waals surface area contributed by atoms with Crippen molar-refractivity contribution in [2.24, 2.45) is 5.41 Å². The molecule has 0 fully saturated rings. The molecule has 0 heterocycles. The van der Waals surface area contributed by atoms with Gasteiger partial charge in [-0.05, 0) is 41.0 Å². The van der Waals surface area contributed by atoms with Crippen LogP contribution < -0.4 is 10.6 Å². The molecule has 0 aromatic rings. The molecule has 1 amide bonds. The summed E-state index contributed by atoms with van der Waals surface area (Å²) in [6.07, 6.45) is 4.44. The molecule has 1 unspecified atom stereocenters. The Balaban J connectivity index is 4.27. The van der Waals surface area contributed by atoms with Gasteiger partial charge in [0.25, 0.3) is 0 Å². The first-order chi connectivity index (χ1) is 9.54. The van der Waals surface area contributed by atoms with Crippen molar-refractivity contribution in [3.63, 3.8) is 0 Å². The minimum Gasteiger partial charge on any atom is -0.481 e. The molecule has 0 saturated carbocycles. The van der Waals surface area contributed by atoms with Crippen molar-refractivity contribution in [1.82, 2.24) is 10.6 Å². The zero-order chi connectivity index (χ0) is 16.7. The maximum atomic E-state index is 11.9. The van der Waals surface area contributed by atoms with E-state index in [-0.39, 0.29) is 18.5 Å². The average Bonchev–Trinajstić information content (AvgIpc) is 2.36. The number of amides is 1. The quantitative estimate of drug-likeness (QED) is 0.542. The molecule has 0 aliphatic heterocycles. The highest BCUT2D eigenvalue weighted by molar-refractivity contribution is 5.79. The van der Waals surface area contributed by atoms with Gasteiger partial charge in [0.1, 0.15) is 0 Å². The summed E-state index contributed by atoms with van der Waals surface area (Å²) in [7, 11) is 0. The van der Waals surface area contributed by atoms with Gasteiger partial charge in [-0.3, -0.25) is 9.59 Å². The summed E-state index contributed by atoms with van der Waals surface area (Å²) in [6.45, 7) is 11.2. The van der Waals surface area contributed by atoms with E-state index < -0.39 is 16.9 Å². The van der Waals surface area contributed by atoms with Crippen LogP contribution in [0.25, 0.3) is 0 Å². The van der Waals surface area contributed by atoms with E-state index in [1.165, 1.54) is 12.8 Å². The molecule has 0 saturated heterocycles. The van der Waals surface area contributed by atoms with Crippen LogP contribution in [0.4, 0.5) is 0 Å². The summed E-state index contributed by atoms with van der Waals surface area (Å²) >= 11 is 0. The second-order valence-electron chi connectivity index (χ2n) is 6.87. The molecule has 124 valence electrons. The Morgan fingerprint density at radius 2 is 1.71 bits per heavy atom. The maximum Gasteiger partial charge on any atom is 0.310 e. The van der Waals surface area contributed by atoms with Gasteiger partial charge in [-0.15, -0.1) is 0 Å². The zero-order valence-corrected chi connectivity index (χ0v) is 14.4. The molecule has 0 aromatic heterocycles. The Kier molecular flexibility index (Phi) is 7.93. The predicted octanol–water partition coefficient (Wildman–Crippen LogP) is 2.55. The van der Waals surface area contributed by atoms with Crippen molar-refractivity contribution >= 4 is 11.9 Å². The van der Waals surface area contributed by atoms with E-state index >= 15 is 0 Å². The fourth-order valence-corrected chi connectivity index (χ4v) is 1.89. The van der Waals surface area contributed by atoms with Crippen LogP contribution in [0.15, 0.2) is 0 Å². The normalized spacial score (nSPS) is 13.8. The number of carboxylic acids is 1. The van der Waals surface area contributed by atoms with Crippen LogP contribution in [0.3, 0.4) is 0 Å². The van der Waals surface area contributed by atoms with Crippen LogP contribution in [-0.2, 0) is 9.59 Å². The molecular formula is C16H32N2O3. The molecule has 5 heteroatoms. The molecule has 0 aliphatic carbocycles. The monoisotopic (exact) mass is 300 g/mol. The van der Waals surface area contributed by atoms with Crippen molar-refractivity contribution < 1.29 is 14.7 Å². The van der Waals surface area contributed by atoms with Crippen LogP contribution in [-0.4, -0.2) is 35.1 Å². The van der Waals surface area contributed by atoms with E-state index in [1.807, 2.05) is 6.92 Å². The van der Waals surface area contributed by atoms with Gasteiger partial charge < -0.3 is 15.7 Å². The van der Waals surface area contributed by atoms with Gasteiger partial charge in [0.05, 0.1) is 12.0 Å². The fraction of sp³-hybridized carbons (Fsp3) is 0.875. The molecule has 0 aromatic carbocycles. The van der Waals surface area contributed by atoms with E-state index in [0.29, 0.717) is 0 Å². The summed E-state index contributed by atoms with van der Waals surface area (Å²) < 4.78 is 0. The van der Waals surface area contributed by atoms with Crippen LogP contribution in [0.2, 0.25) is 0 Å². The molecule has 0 aliphatic rings. The Labute approximate surface area is 128 Å². The molecule has 0 bridgehead atoms. The third kappa shape index (κ3) is 6.46. The maximum absolute atomic E-state index is 11.9. The summed E-state index contributed by atoms with van der Waals surface area (Å²) in [5.74, 6) is -0.971. The van der Waals surface area contributed by atoms with Crippen LogP contribution >= 0.6 is 0 Å². The Morgan fingerprint density at radius 3 is 2.19 bits per heavy atom. The third-order valence-corrected chi connectivity index (χ3v) is 4.44. The summed E-state index contributed by atoms with van der Waals surface area (Å²) in [6, 6.07) is 0.154. The second-order valence-corrected chi connectivity index (χ2v) is 6.87. The molecule has 0 radical (unpaired) electrons. The molecule has 21 heavy (non-hydrogen) atoms. The van der Waals surface area contributed by atoms with Crippen molar-refractivity contribution in [2.45, 2.75) is 78.8 Å². The van der Waals surface area contributed by atoms with E-state index in [1.54, 1.807) is 27.7 Å². The Hall–Kier alpha value is -1.10. The van der Waals surface area contributed by atoms with Crippen molar-refractivity contribution in [3.8, 4) is 0 Å². The number of rotatable bonds is 10. The van der Waals surface area contributed by atoms with Crippen LogP contribution in [0.5, 0.6) is 0 Å². The molecule has 3 N–H and O–H groups in total. The summed E-state index contributed by atoms with van der Waals surface area (Å²) in [4.78, 5) is 23.2. The summed E-state index contributed by atoms with van der Waals surface area (Å²) in [5, 5.41) is 15.3. The van der Waals surface area contributed by atoms with E-state index in [9.17, 15) is 14.7 Å². The Bertz CT molecular complexity index is 351. The SMILES string of the molecule is CCCCCC(C)NC(=O)CNC(C)(C)C(C)(C)C(=O)O. The van der Waals surface area contributed by atoms with Crippen LogP contribution in [0.1, 0.15) is 67.2 Å². The first kappa shape index (κ1) is 19.9. The number of aliphatic carboxylic acids is 1. The lowest BCUT2D eigenvalue weighted by atomic mass is 9.74. The lowest BCUT2D eigenvalue weighted by molar-refractivity contribution is -0.151. The number of hydrogen-bond donors (Lipinski definition) is 3. The highest BCUT2D eigenvalue weighted by Gasteiger charge is 2.43. The minimum atomic E-state index is -0.958. The van der Waals surface area contributed by atoms with E-state index in [2.05, 4.69) is 17.6 Å². The molecular weight excluding hydrogens is 268 g/mol. The van der Waals surface area contributed by atoms with Crippen molar-refractivity contribution in [1.29, 1.82) is 0 Å². The molecule has 0 rings (SSSR count). The number of nitrogens with one attached hydrogen (secondary N) is 2. The predicted molar refractivity (Wildman–Crippen MR) is 85.2 cm³/mol. The molecule has 5 nitrogen and oxygen atoms in total. The highest BCUT2D eigenvalue weighted by atomic mass is 16.4. The van der Waals surface area contributed by atoms with Gasteiger partial charge in [-0.1, -0.05) is 26.2 Å². The van der Waals surface area contributed by atoms with Crippen LogP contribution in [0, 0.1) is 5.41 Å². The standard InChI is InChI=1S/C16H32N2O3/c1-7-8-9-10-12(2)18-13(19)11-17-16(5,6)15(3,4)14(20)21/h12,17H,7-11H2,1-6H3,(H,18,19)(H,20,21). The summed E-state index contributed by atoms with van der Waals surface area (Å²) in [5.41, 5.74) is -1.64. The first-order valence-corrected chi connectivity index (χ1v) is 7.82. The van der Waals surface area contributed by atoms with Gasteiger partial charge in [-0.25, -0.2) is 0 Å². The first-order valence-electron chi connectivity index (χ1n) is 7.82. The zero-order valence-electron chi connectivity index (χ0n) is 14.4. The van der Waals surface area contributed by atoms with Gasteiger partial charge >= 0.3 is 5.97 Å². The van der Waals surface area contributed by atoms with Crippen molar-refractivity contribution in [2.75, 3.05) is 6.54 Å².